The van der Waals surface area contributed by atoms with E-state index in [4.69, 9.17) is 11.6 Å². The number of carbonyl (C=O) groups is 2. The SMILES string of the molecule is O=C(CCc1ccc(Cl)cc1)N1CCCN(C(=O)c2ccccc2)CC1. The molecule has 0 spiro atoms. The van der Waals surface area contributed by atoms with E-state index < -0.39 is 0 Å². The summed E-state index contributed by atoms with van der Waals surface area (Å²) >= 11 is 5.89. The van der Waals surface area contributed by atoms with Gasteiger partial charge in [-0.05, 0) is 42.7 Å². The zero-order chi connectivity index (χ0) is 18.4. The Hall–Kier alpha value is -2.33. The van der Waals surface area contributed by atoms with Gasteiger partial charge in [0.2, 0.25) is 5.91 Å². The standard InChI is InChI=1S/C21H23ClN2O2/c22-19-10-7-17(8-11-19)9-12-20(25)23-13-4-14-24(16-15-23)21(26)18-5-2-1-3-6-18/h1-3,5-8,10-11H,4,9,12-16H2. The van der Waals surface area contributed by atoms with Crippen molar-refractivity contribution < 1.29 is 9.59 Å². The van der Waals surface area contributed by atoms with Gasteiger partial charge in [0, 0.05) is 43.2 Å². The Bertz CT molecular complexity index is 746. The second-order valence-electron chi connectivity index (χ2n) is 6.52. The highest BCUT2D eigenvalue weighted by Gasteiger charge is 2.22. The van der Waals surface area contributed by atoms with Gasteiger partial charge in [-0.1, -0.05) is 41.9 Å². The summed E-state index contributed by atoms with van der Waals surface area (Å²) in [4.78, 5) is 28.8. The molecule has 0 aliphatic carbocycles. The molecule has 2 aromatic carbocycles. The third kappa shape index (κ3) is 4.85. The normalized spacial score (nSPS) is 14.8. The van der Waals surface area contributed by atoms with E-state index in [1.807, 2.05) is 64.4 Å². The van der Waals surface area contributed by atoms with Crippen molar-refractivity contribution in [1.82, 2.24) is 9.80 Å². The molecule has 4 nitrogen and oxygen atoms in total. The third-order valence-electron chi connectivity index (χ3n) is 4.70. The average Bonchev–Trinajstić information content (AvgIpc) is 2.94. The van der Waals surface area contributed by atoms with Crippen LogP contribution in [0.3, 0.4) is 0 Å². The average molecular weight is 371 g/mol. The van der Waals surface area contributed by atoms with E-state index in [1.54, 1.807) is 0 Å². The number of hydrogen-bond acceptors (Lipinski definition) is 2. The van der Waals surface area contributed by atoms with Gasteiger partial charge < -0.3 is 9.80 Å². The fourth-order valence-corrected chi connectivity index (χ4v) is 3.32. The van der Waals surface area contributed by atoms with Crippen LogP contribution in [0.25, 0.3) is 0 Å². The molecule has 1 aliphatic heterocycles. The second kappa shape index (κ2) is 8.86. The fourth-order valence-electron chi connectivity index (χ4n) is 3.19. The van der Waals surface area contributed by atoms with Gasteiger partial charge in [0.15, 0.2) is 0 Å². The van der Waals surface area contributed by atoms with Gasteiger partial charge in [0.25, 0.3) is 5.91 Å². The third-order valence-corrected chi connectivity index (χ3v) is 4.95. The van der Waals surface area contributed by atoms with E-state index in [0.29, 0.717) is 49.6 Å². The molecule has 0 bridgehead atoms. The van der Waals surface area contributed by atoms with Crippen LogP contribution in [-0.4, -0.2) is 47.8 Å². The summed E-state index contributed by atoms with van der Waals surface area (Å²) in [6.45, 7) is 2.57. The second-order valence-corrected chi connectivity index (χ2v) is 6.96. The van der Waals surface area contributed by atoms with Crippen molar-refractivity contribution in [1.29, 1.82) is 0 Å². The Kier molecular flexibility index (Phi) is 6.29. The largest absolute Gasteiger partial charge is 0.341 e. The Morgan fingerprint density at radius 2 is 1.50 bits per heavy atom. The van der Waals surface area contributed by atoms with Crippen molar-refractivity contribution >= 4 is 23.4 Å². The van der Waals surface area contributed by atoms with Crippen LogP contribution in [0.1, 0.15) is 28.8 Å². The Morgan fingerprint density at radius 1 is 0.846 bits per heavy atom. The number of halogens is 1. The molecule has 0 N–H and O–H groups in total. The van der Waals surface area contributed by atoms with Crippen LogP contribution in [0, 0.1) is 0 Å². The molecule has 5 heteroatoms. The minimum absolute atomic E-state index is 0.0427. The van der Waals surface area contributed by atoms with Crippen LogP contribution in [0.2, 0.25) is 5.02 Å². The lowest BCUT2D eigenvalue weighted by Gasteiger charge is -2.22. The maximum atomic E-state index is 12.6. The summed E-state index contributed by atoms with van der Waals surface area (Å²) in [6.07, 6.45) is 2.00. The number of amides is 2. The molecule has 26 heavy (non-hydrogen) atoms. The molecule has 2 aromatic rings. The van der Waals surface area contributed by atoms with E-state index >= 15 is 0 Å². The Balaban J connectivity index is 1.52. The van der Waals surface area contributed by atoms with Gasteiger partial charge >= 0.3 is 0 Å². The zero-order valence-corrected chi connectivity index (χ0v) is 15.5. The lowest BCUT2D eigenvalue weighted by Crippen LogP contribution is -2.37. The first-order valence-electron chi connectivity index (χ1n) is 9.00. The highest BCUT2D eigenvalue weighted by molar-refractivity contribution is 6.30. The van der Waals surface area contributed by atoms with Crippen LogP contribution in [0.5, 0.6) is 0 Å². The van der Waals surface area contributed by atoms with E-state index in [1.165, 1.54) is 0 Å². The van der Waals surface area contributed by atoms with Crippen molar-refractivity contribution in [2.75, 3.05) is 26.2 Å². The predicted octanol–water partition coefficient (Wildman–Crippen LogP) is 3.65. The van der Waals surface area contributed by atoms with Gasteiger partial charge in [0.05, 0.1) is 0 Å². The van der Waals surface area contributed by atoms with Crippen LogP contribution >= 0.6 is 11.6 Å². The molecule has 0 radical (unpaired) electrons. The predicted molar refractivity (Wildman–Crippen MR) is 103 cm³/mol. The van der Waals surface area contributed by atoms with Crippen molar-refractivity contribution in [3.05, 3.63) is 70.7 Å². The maximum absolute atomic E-state index is 12.6. The van der Waals surface area contributed by atoms with E-state index in [9.17, 15) is 9.59 Å². The number of benzene rings is 2. The van der Waals surface area contributed by atoms with Crippen molar-refractivity contribution in [3.8, 4) is 0 Å². The lowest BCUT2D eigenvalue weighted by atomic mass is 10.1. The molecule has 2 amide bonds. The van der Waals surface area contributed by atoms with Crippen molar-refractivity contribution in [3.63, 3.8) is 0 Å². The van der Waals surface area contributed by atoms with Gasteiger partial charge in [-0.3, -0.25) is 9.59 Å². The molecule has 1 saturated heterocycles. The summed E-state index contributed by atoms with van der Waals surface area (Å²) < 4.78 is 0. The summed E-state index contributed by atoms with van der Waals surface area (Å²) in [5.41, 5.74) is 1.81. The quantitative estimate of drug-likeness (QED) is 0.824. The first-order valence-corrected chi connectivity index (χ1v) is 9.38. The number of hydrogen-bond donors (Lipinski definition) is 0. The molecule has 136 valence electrons. The number of nitrogens with zero attached hydrogens (tertiary/aromatic N) is 2. The topological polar surface area (TPSA) is 40.6 Å². The molecule has 1 heterocycles. The van der Waals surface area contributed by atoms with Gasteiger partial charge in [-0.2, -0.15) is 0 Å². The summed E-state index contributed by atoms with van der Waals surface area (Å²) in [5.74, 6) is 0.190. The summed E-state index contributed by atoms with van der Waals surface area (Å²) in [7, 11) is 0. The number of carbonyl (C=O) groups excluding carboxylic acids is 2. The molecule has 1 aliphatic rings. The molecule has 0 unspecified atom stereocenters. The smallest absolute Gasteiger partial charge is 0.253 e. The molecule has 3 rings (SSSR count). The van der Waals surface area contributed by atoms with Crippen LogP contribution in [-0.2, 0) is 11.2 Å². The van der Waals surface area contributed by atoms with Gasteiger partial charge in [-0.25, -0.2) is 0 Å². The lowest BCUT2D eigenvalue weighted by molar-refractivity contribution is -0.131. The molecular weight excluding hydrogens is 348 g/mol. The molecule has 0 aromatic heterocycles. The van der Waals surface area contributed by atoms with Crippen LogP contribution in [0.15, 0.2) is 54.6 Å². The van der Waals surface area contributed by atoms with Crippen LogP contribution in [0.4, 0.5) is 0 Å². The Labute approximate surface area is 159 Å². The monoisotopic (exact) mass is 370 g/mol. The van der Waals surface area contributed by atoms with Gasteiger partial charge in [-0.15, -0.1) is 0 Å². The van der Waals surface area contributed by atoms with E-state index in [0.717, 1.165) is 12.0 Å². The highest BCUT2D eigenvalue weighted by Crippen LogP contribution is 2.13. The van der Waals surface area contributed by atoms with Crippen molar-refractivity contribution in [2.24, 2.45) is 0 Å². The number of aryl methyl sites for hydroxylation is 1. The fraction of sp³-hybridized carbons (Fsp3) is 0.333. The van der Waals surface area contributed by atoms with E-state index in [-0.39, 0.29) is 11.8 Å². The van der Waals surface area contributed by atoms with Crippen LogP contribution < -0.4 is 0 Å². The van der Waals surface area contributed by atoms with E-state index in [2.05, 4.69) is 0 Å². The highest BCUT2D eigenvalue weighted by atomic mass is 35.5. The molecule has 1 fully saturated rings. The number of rotatable bonds is 4. The minimum atomic E-state index is 0.0427. The summed E-state index contributed by atoms with van der Waals surface area (Å²) in [5, 5.41) is 0.704. The first-order chi connectivity index (χ1) is 12.6. The molecular formula is C21H23ClN2O2. The summed E-state index contributed by atoms with van der Waals surface area (Å²) in [6, 6.07) is 16.9. The molecule has 0 atom stereocenters. The minimum Gasteiger partial charge on any atom is -0.341 e. The van der Waals surface area contributed by atoms with Gasteiger partial charge in [0.1, 0.15) is 0 Å². The first kappa shape index (κ1) is 18.5. The van der Waals surface area contributed by atoms with Crippen molar-refractivity contribution in [2.45, 2.75) is 19.3 Å². The maximum Gasteiger partial charge on any atom is 0.253 e. The molecule has 0 saturated carbocycles. The Morgan fingerprint density at radius 3 is 2.23 bits per heavy atom. The zero-order valence-electron chi connectivity index (χ0n) is 14.7.